The minimum absolute atomic E-state index is 0.0190. The van der Waals surface area contributed by atoms with E-state index in [0.29, 0.717) is 24.8 Å². The average Bonchev–Trinajstić information content (AvgIpc) is 2.73. The van der Waals surface area contributed by atoms with E-state index in [0.717, 1.165) is 0 Å². The Kier molecular flexibility index (Phi) is 3.41. The largest absolute Gasteiger partial charge is 0.299 e. The summed E-state index contributed by atoms with van der Waals surface area (Å²) in [7, 11) is 0. The van der Waals surface area contributed by atoms with Crippen LogP contribution in [0.15, 0.2) is 30.3 Å². The molecule has 0 heterocycles. The second-order valence-electron chi connectivity index (χ2n) is 4.88. The molecule has 0 aliphatic heterocycles. The highest BCUT2D eigenvalue weighted by molar-refractivity contribution is 6.12. The molecular weight excluding hydrogens is 228 g/mol. The number of benzene rings is 1. The van der Waals surface area contributed by atoms with Crippen molar-refractivity contribution in [3.05, 3.63) is 35.9 Å². The Labute approximate surface area is 106 Å². The van der Waals surface area contributed by atoms with Gasteiger partial charge in [-0.1, -0.05) is 30.3 Å². The van der Waals surface area contributed by atoms with Crippen molar-refractivity contribution in [2.75, 3.05) is 0 Å². The molecule has 2 rings (SSSR count). The van der Waals surface area contributed by atoms with E-state index in [-0.39, 0.29) is 23.8 Å². The molecule has 1 aromatic carbocycles. The Morgan fingerprint density at radius 3 is 2.39 bits per heavy atom. The lowest BCUT2D eigenvalue weighted by Crippen LogP contribution is -2.36. The summed E-state index contributed by atoms with van der Waals surface area (Å²) in [6, 6.07) is 8.83. The molecule has 1 aliphatic rings. The Morgan fingerprint density at radius 1 is 1.22 bits per heavy atom. The fourth-order valence-corrected chi connectivity index (χ4v) is 2.61. The smallest absolute Gasteiger partial charge is 0.164 e. The number of hydrogen-bond acceptors (Lipinski definition) is 3. The van der Waals surface area contributed by atoms with Gasteiger partial charge in [-0.25, -0.2) is 0 Å². The molecule has 3 heteroatoms. The molecule has 0 radical (unpaired) electrons. The molecule has 1 fully saturated rings. The fraction of sp³-hybridized carbons (Fsp3) is 0.400. The van der Waals surface area contributed by atoms with Gasteiger partial charge in [-0.3, -0.25) is 14.4 Å². The Balaban J connectivity index is 2.24. The van der Waals surface area contributed by atoms with E-state index in [1.165, 1.54) is 6.92 Å². The molecule has 0 N–H and O–H groups in total. The Hall–Kier alpha value is -1.77. The van der Waals surface area contributed by atoms with Crippen molar-refractivity contribution in [1.82, 2.24) is 0 Å². The zero-order valence-corrected chi connectivity index (χ0v) is 10.4. The molecule has 1 aliphatic carbocycles. The van der Waals surface area contributed by atoms with E-state index in [1.54, 1.807) is 24.3 Å². The highest BCUT2D eigenvalue weighted by Gasteiger charge is 2.47. The second kappa shape index (κ2) is 4.84. The topological polar surface area (TPSA) is 51.2 Å². The monoisotopic (exact) mass is 244 g/mol. The normalized spacial score (nSPS) is 23.1. The maximum absolute atomic E-state index is 12.2. The SMILES string of the molecule is CC(=O)C1(CC(=O)c2ccccc2)CCCC1=O. The summed E-state index contributed by atoms with van der Waals surface area (Å²) in [5, 5.41) is 0. The van der Waals surface area contributed by atoms with Gasteiger partial charge in [-0.2, -0.15) is 0 Å². The van der Waals surface area contributed by atoms with Crippen molar-refractivity contribution in [1.29, 1.82) is 0 Å². The summed E-state index contributed by atoms with van der Waals surface area (Å²) in [6.45, 7) is 1.42. The number of carbonyl (C=O) groups excluding carboxylic acids is 3. The summed E-state index contributed by atoms with van der Waals surface area (Å²) in [6.07, 6.45) is 1.66. The van der Waals surface area contributed by atoms with Crippen LogP contribution >= 0.6 is 0 Å². The van der Waals surface area contributed by atoms with Crippen molar-refractivity contribution in [2.24, 2.45) is 5.41 Å². The van der Waals surface area contributed by atoms with Crippen LogP contribution in [0, 0.1) is 5.41 Å². The van der Waals surface area contributed by atoms with Gasteiger partial charge in [-0.05, 0) is 19.8 Å². The summed E-state index contributed by atoms with van der Waals surface area (Å²) >= 11 is 0. The molecule has 0 aromatic heterocycles. The summed E-state index contributed by atoms with van der Waals surface area (Å²) in [4.78, 5) is 35.9. The van der Waals surface area contributed by atoms with Crippen LogP contribution in [0.4, 0.5) is 0 Å². The fourth-order valence-electron chi connectivity index (χ4n) is 2.61. The van der Waals surface area contributed by atoms with Crippen LogP contribution in [0.1, 0.15) is 43.0 Å². The van der Waals surface area contributed by atoms with Gasteiger partial charge in [0.15, 0.2) is 5.78 Å². The zero-order chi connectivity index (χ0) is 13.2. The van der Waals surface area contributed by atoms with Crippen molar-refractivity contribution in [3.8, 4) is 0 Å². The molecule has 1 atom stereocenters. The number of rotatable bonds is 4. The van der Waals surface area contributed by atoms with Gasteiger partial charge in [-0.15, -0.1) is 0 Å². The average molecular weight is 244 g/mol. The first-order chi connectivity index (χ1) is 8.56. The lowest BCUT2D eigenvalue weighted by Gasteiger charge is -2.23. The van der Waals surface area contributed by atoms with Gasteiger partial charge < -0.3 is 0 Å². The number of carbonyl (C=O) groups is 3. The van der Waals surface area contributed by atoms with Crippen LogP contribution in [0.5, 0.6) is 0 Å². The lowest BCUT2D eigenvalue weighted by atomic mass is 9.76. The first-order valence-corrected chi connectivity index (χ1v) is 6.19. The van der Waals surface area contributed by atoms with E-state index in [1.807, 2.05) is 6.07 Å². The van der Waals surface area contributed by atoms with Gasteiger partial charge in [0.2, 0.25) is 0 Å². The molecule has 3 nitrogen and oxygen atoms in total. The van der Waals surface area contributed by atoms with Crippen molar-refractivity contribution in [3.63, 3.8) is 0 Å². The Bertz CT molecular complexity index is 490. The van der Waals surface area contributed by atoms with Crippen LogP contribution in [0.3, 0.4) is 0 Å². The maximum atomic E-state index is 12.2. The first kappa shape index (κ1) is 12.7. The summed E-state index contributed by atoms with van der Waals surface area (Å²) < 4.78 is 0. The van der Waals surface area contributed by atoms with Gasteiger partial charge in [0.1, 0.15) is 11.6 Å². The minimum atomic E-state index is -1.05. The third-order valence-electron chi connectivity index (χ3n) is 3.77. The van der Waals surface area contributed by atoms with E-state index in [4.69, 9.17) is 0 Å². The molecule has 1 aromatic rings. The standard InChI is InChI=1S/C15H16O3/c1-11(16)15(9-5-8-14(15)18)10-13(17)12-6-3-2-4-7-12/h2-4,6-7H,5,8-10H2,1H3. The Morgan fingerprint density at radius 2 is 1.89 bits per heavy atom. The number of ketones is 3. The van der Waals surface area contributed by atoms with E-state index >= 15 is 0 Å². The van der Waals surface area contributed by atoms with E-state index < -0.39 is 5.41 Å². The second-order valence-corrected chi connectivity index (χ2v) is 4.88. The maximum Gasteiger partial charge on any atom is 0.164 e. The predicted octanol–water partition coefficient (Wildman–Crippen LogP) is 2.59. The molecule has 0 saturated heterocycles. The minimum Gasteiger partial charge on any atom is -0.299 e. The van der Waals surface area contributed by atoms with Crippen LogP contribution in [-0.2, 0) is 9.59 Å². The van der Waals surface area contributed by atoms with E-state index in [2.05, 4.69) is 0 Å². The molecular formula is C15H16O3. The molecule has 1 unspecified atom stereocenters. The van der Waals surface area contributed by atoms with Crippen LogP contribution in [0.2, 0.25) is 0 Å². The van der Waals surface area contributed by atoms with Gasteiger partial charge >= 0.3 is 0 Å². The van der Waals surface area contributed by atoms with Gasteiger partial charge in [0.05, 0.1) is 5.41 Å². The van der Waals surface area contributed by atoms with Crippen molar-refractivity contribution in [2.45, 2.75) is 32.6 Å². The van der Waals surface area contributed by atoms with Crippen molar-refractivity contribution >= 4 is 17.3 Å². The highest BCUT2D eigenvalue weighted by Crippen LogP contribution is 2.39. The van der Waals surface area contributed by atoms with Gasteiger partial charge in [0, 0.05) is 18.4 Å². The molecule has 1 saturated carbocycles. The zero-order valence-electron chi connectivity index (χ0n) is 10.4. The van der Waals surface area contributed by atoms with Crippen LogP contribution in [0.25, 0.3) is 0 Å². The summed E-state index contributed by atoms with van der Waals surface area (Å²) in [5.41, 5.74) is -0.481. The van der Waals surface area contributed by atoms with Gasteiger partial charge in [0.25, 0.3) is 0 Å². The third kappa shape index (κ3) is 2.13. The van der Waals surface area contributed by atoms with Crippen LogP contribution in [-0.4, -0.2) is 17.3 Å². The predicted molar refractivity (Wildman–Crippen MR) is 67.4 cm³/mol. The molecule has 0 bridgehead atoms. The summed E-state index contributed by atoms with van der Waals surface area (Å²) in [5.74, 6) is -0.366. The highest BCUT2D eigenvalue weighted by atomic mass is 16.2. The van der Waals surface area contributed by atoms with Crippen LogP contribution < -0.4 is 0 Å². The number of hydrogen-bond donors (Lipinski definition) is 0. The molecule has 0 spiro atoms. The molecule has 94 valence electrons. The molecule has 18 heavy (non-hydrogen) atoms. The first-order valence-electron chi connectivity index (χ1n) is 6.19. The number of Topliss-reactive ketones (excluding diaryl/α,β-unsaturated/α-hetero) is 3. The lowest BCUT2D eigenvalue weighted by molar-refractivity contribution is -0.137. The third-order valence-corrected chi connectivity index (χ3v) is 3.77. The van der Waals surface area contributed by atoms with Crippen molar-refractivity contribution < 1.29 is 14.4 Å². The molecule has 0 amide bonds. The van der Waals surface area contributed by atoms with E-state index in [9.17, 15) is 14.4 Å². The quantitative estimate of drug-likeness (QED) is 0.604.